The van der Waals surface area contributed by atoms with Gasteiger partial charge in [0, 0.05) is 36.7 Å². The van der Waals surface area contributed by atoms with Gasteiger partial charge in [0.05, 0.1) is 19.8 Å². The predicted molar refractivity (Wildman–Crippen MR) is 121 cm³/mol. The highest BCUT2D eigenvalue weighted by atomic mass is 127. The van der Waals surface area contributed by atoms with E-state index in [2.05, 4.69) is 48.4 Å². The molecule has 0 aliphatic carbocycles. The fourth-order valence-corrected chi connectivity index (χ4v) is 3.17. The Labute approximate surface area is 179 Å². The lowest BCUT2D eigenvalue weighted by atomic mass is 10.1. The van der Waals surface area contributed by atoms with Crippen LogP contribution < -0.4 is 10.6 Å². The number of morpholine rings is 1. The predicted octanol–water partition coefficient (Wildman–Crippen LogP) is 3.16. The minimum Gasteiger partial charge on any atom is -0.379 e. The molecular formula is C19H32ClIN4O. The van der Waals surface area contributed by atoms with Crippen molar-refractivity contribution in [3.05, 3.63) is 34.9 Å². The number of benzene rings is 1. The summed E-state index contributed by atoms with van der Waals surface area (Å²) in [7, 11) is 0. The van der Waals surface area contributed by atoms with Crippen LogP contribution in [0.1, 0.15) is 26.3 Å². The summed E-state index contributed by atoms with van der Waals surface area (Å²) in [5, 5.41) is 7.51. The first kappa shape index (κ1) is 23.5. The third kappa shape index (κ3) is 7.98. The molecule has 2 N–H and O–H groups in total. The Hall–Kier alpha value is -0.570. The largest absolute Gasteiger partial charge is 0.379 e. The summed E-state index contributed by atoms with van der Waals surface area (Å²) in [6.45, 7) is 11.6. The van der Waals surface area contributed by atoms with Crippen LogP contribution >= 0.6 is 35.6 Å². The molecule has 2 rings (SSSR count). The van der Waals surface area contributed by atoms with Crippen molar-refractivity contribution in [2.45, 2.75) is 39.3 Å². The Morgan fingerprint density at radius 1 is 1.35 bits per heavy atom. The van der Waals surface area contributed by atoms with Gasteiger partial charge in [0.1, 0.15) is 0 Å². The molecule has 0 amide bonds. The molecular weight excluding hydrogens is 463 g/mol. The highest BCUT2D eigenvalue weighted by Crippen LogP contribution is 2.11. The van der Waals surface area contributed by atoms with Crippen molar-refractivity contribution in [2.24, 2.45) is 4.99 Å². The minimum atomic E-state index is 0. The average molecular weight is 495 g/mol. The van der Waals surface area contributed by atoms with Gasteiger partial charge in [0.15, 0.2) is 5.96 Å². The molecule has 0 radical (unpaired) electrons. The molecule has 5 nitrogen and oxygen atoms in total. The maximum atomic E-state index is 5.93. The van der Waals surface area contributed by atoms with Gasteiger partial charge in [-0.15, -0.1) is 24.0 Å². The van der Waals surface area contributed by atoms with E-state index in [9.17, 15) is 0 Å². The Bertz CT molecular complexity index is 541. The lowest BCUT2D eigenvalue weighted by Gasteiger charge is -2.37. The van der Waals surface area contributed by atoms with Crippen molar-refractivity contribution in [1.82, 2.24) is 15.5 Å². The number of aliphatic imine (C=N–C) groups is 1. The van der Waals surface area contributed by atoms with Crippen molar-refractivity contribution >= 4 is 41.5 Å². The summed E-state index contributed by atoms with van der Waals surface area (Å²) in [6, 6.07) is 8.86. The molecule has 0 saturated carbocycles. The van der Waals surface area contributed by atoms with Crippen molar-refractivity contribution < 1.29 is 4.74 Å². The molecule has 148 valence electrons. The van der Waals surface area contributed by atoms with E-state index < -0.39 is 0 Å². The molecule has 0 aromatic heterocycles. The van der Waals surface area contributed by atoms with E-state index in [0.29, 0.717) is 12.1 Å². The highest BCUT2D eigenvalue weighted by Gasteiger charge is 2.23. The van der Waals surface area contributed by atoms with E-state index in [1.807, 2.05) is 12.1 Å². The van der Waals surface area contributed by atoms with Gasteiger partial charge < -0.3 is 15.4 Å². The number of nitrogens with zero attached hydrogens (tertiary/aromatic N) is 2. The monoisotopic (exact) mass is 494 g/mol. The first-order valence-corrected chi connectivity index (χ1v) is 9.58. The smallest absolute Gasteiger partial charge is 0.191 e. The van der Waals surface area contributed by atoms with Crippen LogP contribution in [-0.2, 0) is 11.2 Å². The summed E-state index contributed by atoms with van der Waals surface area (Å²) in [6.07, 6.45) is 0.942. The number of hydrogen-bond donors (Lipinski definition) is 2. The highest BCUT2D eigenvalue weighted by molar-refractivity contribution is 14.0. The maximum absolute atomic E-state index is 5.93. The molecule has 1 aromatic rings. The van der Waals surface area contributed by atoms with Crippen molar-refractivity contribution in [2.75, 3.05) is 39.4 Å². The number of nitrogens with one attached hydrogen (secondary N) is 2. The molecule has 0 spiro atoms. The molecule has 0 bridgehead atoms. The summed E-state index contributed by atoms with van der Waals surface area (Å²) in [5.41, 5.74) is 1.27. The molecule has 1 aliphatic heterocycles. The van der Waals surface area contributed by atoms with Crippen LogP contribution in [0.3, 0.4) is 0 Å². The van der Waals surface area contributed by atoms with E-state index in [4.69, 9.17) is 21.3 Å². The van der Waals surface area contributed by atoms with E-state index in [1.165, 1.54) is 5.56 Å². The summed E-state index contributed by atoms with van der Waals surface area (Å²) < 4.78 is 5.52. The Morgan fingerprint density at radius 3 is 2.73 bits per heavy atom. The molecule has 1 heterocycles. The van der Waals surface area contributed by atoms with Gasteiger partial charge in [0.2, 0.25) is 0 Å². The SMILES string of the molecule is CCNC(=NCC(C)N1CCOCC1C)NCCc1ccc(Cl)cc1.I. The second-order valence-electron chi connectivity index (χ2n) is 6.53. The normalized spacial score (nSPS) is 19.5. The van der Waals surface area contributed by atoms with Gasteiger partial charge in [-0.3, -0.25) is 9.89 Å². The Balaban J connectivity index is 0.00000338. The standard InChI is InChI=1S/C19H31ClN4O.HI/c1-4-21-19(22-10-9-17-5-7-18(20)8-6-17)23-13-15(2)24-11-12-25-14-16(24)3;/h5-8,15-16H,4,9-14H2,1-3H3,(H2,21,22,23);1H. The zero-order valence-electron chi connectivity index (χ0n) is 16.0. The molecule has 2 atom stereocenters. The Kier molecular flexibility index (Phi) is 11.5. The van der Waals surface area contributed by atoms with Crippen molar-refractivity contribution in [3.63, 3.8) is 0 Å². The van der Waals surface area contributed by atoms with Crippen molar-refractivity contribution in [3.8, 4) is 0 Å². The fourth-order valence-electron chi connectivity index (χ4n) is 3.04. The second kappa shape index (κ2) is 12.8. The van der Waals surface area contributed by atoms with Gasteiger partial charge in [-0.05, 0) is 44.9 Å². The van der Waals surface area contributed by atoms with Gasteiger partial charge in [-0.2, -0.15) is 0 Å². The van der Waals surface area contributed by atoms with Crippen LogP contribution in [0.25, 0.3) is 0 Å². The fraction of sp³-hybridized carbons (Fsp3) is 0.632. The van der Waals surface area contributed by atoms with Gasteiger partial charge in [-0.1, -0.05) is 23.7 Å². The molecule has 1 aliphatic rings. The molecule has 7 heteroatoms. The lowest BCUT2D eigenvalue weighted by Crippen LogP contribution is -2.49. The maximum Gasteiger partial charge on any atom is 0.191 e. The topological polar surface area (TPSA) is 48.9 Å². The number of guanidine groups is 1. The second-order valence-corrected chi connectivity index (χ2v) is 6.97. The van der Waals surface area contributed by atoms with Gasteiger partial charge in [-0.25, -0.2) is 0 Å². The third-order valence-corrected chi connectivity index (χ3v) is 4.71. The van der Waals surface area contributed by atoms with Gasteiger partial charge >= 0.3 is 0 Å². The third-order valence-electron chi connectivity index (χ3n) is 4.46. The quantitative estimate of drug-likeness (QED) is 0.347. The zero-order valence-corrected chi connectivity index (χ0v) is 19.1. The average Bonchev–Trinajstić information content (AvgIpc) is 2.61. The van der Waals surface area contributed by atoms with Crippen LogP contribution in [-0.4, -0.2) is 62.3 Å². The first-order valence-electron chi connectivity index (χ1n) is 9.20. The number of halogens is 2. The molecule has 1 saturated heterocycles. The summed E-state index contributed by atoms with van der Waals surface area (Å²) in [5.74, 6) is 0.879. The number of hydrogen-bond acceptors (Lipinski definition) is 3. The van der Waals surface area contributed by atoms with E-state index in [-0.39, 0.29) is 24.0 Å². The van der Waals surface area contributed by atoms with E-state index in [0.717, 1.165) is 56.8 Å². The van der Waals surface area contributed by atoms with Crippen LogP contribution in [0.15, 0.2) is 29.3 Å². The molecule has 1 aromatic carbocycles. The van der Waals surface area contributed by atoms with Crippen LogP contribution in [0.5, 0.6) is 0 Å². The number of ether oxygens (including phenoxy) is 1. The van der Waals surface area contributed by atoms with E-state index >= 15 is 0 Å². The van der Waals surface area contributed by atoms with Crippen LogP contribution in [0.4, 0.5) is 0 Å². The molecule has 26 heavy (non-hydrogen) atoms. The molecule has 2 unspecified atom stereocenters. The van der Waals surface area contributed by atoms with Gasteiger partial charge in [0.25, 0.3) is 0 Å². The summed E-state index contributed by atoms with van der Waals surface area (Å²) in [4.78, 5) is 7.24. The summed E-state index contributed by atoms with van der Waals surface area (Å²) >= 11 is 5.93. The molecule has 1 fully saturated rings. The first-order chi connectivity index (χ1) is 12.1. The minimum absolute atomic E-state index is 0. The Morgan fingerprint density at radius 2 is 2.08 bits per heavy atom. The zero-order chi connectivity index (χ0) is 18.1. The lowest BCUT2D eigenvalue weighted by molar-refractivity contribution is -0.0165. The number of rotatable bonds is 7. The van der Waals surface area contributed by atoms with Crippen molar-refractivity contribution in [1.29, 1.82) is 0 Å². The van der Waals surface area contributed by atoms with Crippen LogP contribution in [0, 0.1) is 0 Å². The van der Waals surface area contributed by atoms with Crippen LogP contribution in [0.2, 0.25) is 5.02 Å². The van der Waals surface area contributed by atoms with E-state index in [1.54, 1.807) is 0 Å².